The van der Waals surface area contributed by atoms with Crippen molar-refractivity contribution < 1.29 is 8.42 Å². The SMILES string of the molecule is CCc1cnn(S(C)(=O)=O)c1. The molecule has 1 aromatic heterocycles. The molecule has 0 fully saturated rings. The van der Waals surface area contributed by atoms with Gasteiger partial charge >= 0.3 is 0 Å². The lowest BCUT2D eigenvalue weighted by Crippen LogP contribution is -2.09. The van der Waals surface area contributed by atoms with Crippen molar-refractivity contribution >= 4 is 10.0 Å². The summed E-state index contributed by atoms with van der Waals surface area (Å²) < 4.78 is 22.7. The zero-order chi connectivity index (χ0) is 8.48. The second-order valence-electron chi connectivity index (χ2n) is 2.34. The highest BCUT2D eigenvalue weighted by molar-refractivity contribution is 7.89. The smallest absolute Gasteiger partial charge is 0.205 e. The number of hydrogen-bond donors (Lipinski definition) is 0. The molecule has 1 heterocycles. The first kappa shape index (κ1) is 8.26. The summed E-state index contributed by atoms with van der Waals surface area (Å²) >= 11 is 0. The van der Waals surface area contributed by atoms with Gasteiger partial charge in [-0.2, -0.15) is 9.19 Å². The van der Waals surface area contributed by atoms with Gasteiger partial charge in [0.15, 0.2) is 0 Å². The van der Waals surface area contributed by atoms with Gasteiger partial charge in [0.05, 0.1) is 12.5 Å². The standard InChI is InChI=1S/C6H10N2O2S/c1-3-6-4-7-8(5-6)11(2,9)10/h4-5H,3H2,1-2H3. The van der Waals surface area contributed by atoms with Gasteiger partial charge in [-0.3, -0.25) is 0 Å². The van der Waals surface area contributed by atoms with Crippen molar-refractivity contribution in [1.29, 1.82) is 0 Å². The molecule has 0 saturated heterocycles. The molecule has 62 valence electrons. The van der Waals surface area contributed by atoms with E-state index in [-0.39, 0.29) is 0 Å². The van der Waals surface area contributed by atoms with Crippen molar-refractivity contribution in [2.45, 2.75) is 13.3 Å². The molecule has 0 atom stereocenters. The average Bonchev–Trinajstić information content (AvgIpc) is 2.32. The Morgan fingerprint density at radius 1 is 1.64 bits per heavy atom. The molecule has 0 saturated carbocycles. The van der Waals surface area contributed by atoms with Crippen molar-refractivity contribution in [2.24, 2.45) is 0 Å². The monoisotopic (exact) mass is 174 g/mol. The minimum atomic E-state index is -3.19. The number of aryl methyl sites for hydroxylation is 1. The van der Waals surface area contributed by atoms with E-state index in [0.29, 0.717) is 0 Å². The molecular formula is C6H10N2O2S. The topological polar surface area (TPSA) is 52.0 Å². The van der Waals surface area contributed by atoms with E-state index in [0.717, 1.165) is 22.3 Å². The minimum Gasteiger partial charge on any atom is -0.205 e. The van der Waals surface area contributed by atoms with E-state index >= 15 is 0 Å². The van der Waals surface area contributed by atoms with Gasteiger partial charge in [0.2, 0.25) is 0 Å². The second-order valence-corrected chi connectivity index (χ2v) is 4.18. The zero-order valence-electron chi connectivity index (χ0n) is 6.48. The lowest BCUT2D eigenvalue weighted by atomic mass is 10.3. The Hall–Kier alpha value is -0.840. The molecule has 0 aromatic carbocycles. The number of aromatic nitrogens is 2. The van der Waals surface area contributed by atoms with Gasteiger partial charge in [0.1, 0.15) is 0 Å². The van der Waals surface area contributed by atoms with E-state index in [1.165, 1.54) is 6.20 Å². The first-order valence-corrected chi connectivity index (χ1v) is 5.13. The van der Waals surface area contributed by atoms with Crippen LogP contribution in [-0.2, 0) is 16.4 Å². The molecule has 0 amide bonds. The highest BCUT2D eigenvalue weighted by Crippen LogP contribution is 1.99. The predicted octanol–water partition coefficient (Wildman–Crippen LogP) is 0.253. The lowest BCUT2D eigenvalue weighted by molar-refractivity contribution is 0.586. The maximum Gasteiger partial charge on any atom is 0.250 e. The summed E-state index contributed by atoms with van der Waals surface area (Å²) in [5.74, 6) is 0. The third-order valence-corrected chi connectivity index (χ3v) is 2.24. The van der Waals surface area contributed by atoms with E-state index in [1.807, 2.05) is 6.92 Å². The van der Waals surface area contributed by atoms with Crippen LogP contribution in [0.2, 0.25) is 0 Å². The van der Waals surface area contributed by atoms with E-state index in [9.17, 15) is 8.42 Å². The Balaban J connectivity index is 3.09. The Morgan fingerprint density at radius 3 is 2.55 bits per heavy atom. The van der Waals surface area contributed by atoms with Crippen LogP contribution >= 0.6 is 0 Å². The van der Waals surface area contributed by atoms with Gasteiger partial charge in [-0.1, -0.05) is 6.92 Å². The Kier molecular flexibility index (Phi) is 1.99. The summed E-state index contributed by atoms with van der Waals surface area (Å²) in [6.45, 7) is 1.95. The van der Waals surface area contributed by atoms with Crippen molar-refractivity contribution in [1.82, 2.24) is 9.19 Å². The molecule has 0 spiro atoms. The molecule has 0 radical (unpaired) electrons. The normalized spacial score (nSPS) is 11.8. The summed E-state index contributed by atoms with van der Waals surface area (Å²) in [5, 5.41) is 3.69. The van der Waals surface area contributed by atoms with Gasteiger partial charge in [-0.15, -0.1) is 0 Å². The van der Waals surface area contributed by atoms with Gasteiger partial charge in [-0.05, 0) is 12.0 Å². The average molecular weight is 174 g/mol. The highest BCUT2D eigenvalue weighted by atomic mass is 32.2. The number of nitrogens with zero attached hydrogens (tertiary/aromatic N) is 2. The van der Waals surface area contributed by atoms with E-state index in [4.69, 9.17) is 0 Å². The van der Waals surface area contributed by atoms with Gasteiger partial charge in [0, 0.05) is 6.20 Å². The fraction of sp³-hybridized carbons (Fsp3) is 0.500. The molecule has 0 bridgehead atoms. The second kappa shape index (κ2) is 2.65. The third kappa shape index (κ3) is 1.80. The molecule has 0 aliphatic rings. The number of rotatable bonds is 2. The fourth-order valence-corrected chi connectivity index (χ4v) is 1.25. The van der Waals surface area contributed by atoms with Crippen molar-refractivity contribution in [3.05, 3.63) is 18.0 Å². The Bertz CT molecular complexity index is 339. The quantitative estimate of drug-likeness (QED) is 0.646. The first-order chi connectivity index (χ1) is 5.04. The predicted molar refractivity (Wildman–Crippen MR) is 41.8 cm³/mol. The van der Waals surface area contributed by atoms with Crippen LogP contribution in [0.4, 0.5) is 0 Å². The summed E-state index contributed by atoms with van der Waals surface area (Å²) in [5.41, 5.74) is 0.926. The molecular weight excluding hydrogens is 164 g/mol. The van der Waals surface area contributed by atoms with Crippen molar-refractivity contribution in [3.63, 3.8) is 0 Å². The maximum atomic E-state index is 10.9. The molecule has 1 aromatic rings. The van der Waals surface area contributed by atoms with Crippen LogP contribution in [0.25, 0.3) is 0 Å². The minimum absolute atomic E-state index is 0.801. The molecule has 5 heteroatoms. The molecule has 0 N–H and O–H groups in total. The highest BCUT2D eigenvalue weighted by Gasteiger charge is 2.05. The number of hydrogen-bond acceptors (Lipinski definition) is 3. The zero-order valence-corrected chi connectivity index (χ0v) is 7.30. The van der Waals surface area contributed by atoms with Gasteiger partial charge in [-0.25, -0.2) is 8.42 Å². The van der Waals surface area contributed by atoms with Gasteiger partial charge in [0.25, 0.3) is 10.0 Å². The first-order valence-electron chi connectivity index (χ1n) is 3.28. The van der Waals surface area contributed by atoms with E-state index in [1.54, 1.807) is 6.20 Å². The molecule has 4 nitrogen and oxygen atoms in total. The van der Waals surface area contributed by atoms with Crippen LogP contribution in [0, 0.1) is 0 Å². The fourth-order valence-electron chi connectivity index (χ4n) is 0.704. The van der Waals surface area contributed by atoms with Crippen LogP contribution in [-0.4, -0.2) is 23.9 Å². The summed E-state index contributed by atoms with van der Waals surface area (Å²) in [7, 11) is -3.19. The lowest BCUT2D eigenvalue weighted by Gasteiger charge is -1.93. The van der Waals surface area contributed by atoms with Crippen molar-refractivity contribution in [3.8, 4) is 0 Å². The van der Waals surface area contributed by atoms with E-state index in [2.05, 4.69) is 5.10 Å². The molecule has 0 aliphatic heterocycles. The van der Waals surface area contributed by atoms with Crippen LogP contribution in [0.3, 0.4) is 0 Å². The molecule has 0 unspecified atom stereocenters. The molecule has 11 heavy (non-hydrogen) atoms. The maximum absolute atomic E-state index is 10.9. The van der Waals surface area contributed by atoms with Crippen LogP contribution in [0.1, 0.15) is 12.5 Å². The van der Waals surface area contributed by atoms with Crippen LogP contribution < -0.4 is 0 Å². The Morgan fingerprint density at radius 2 is 2.27 bits per heavy atom. The summed E-state index contributed by atoms with van der Waals surface area (Å²) in [4.78, 5) is 0. The molecule has 0 aliphatic carbocycles. The van der Waals surface area contributed by atoms with E-state index < -0.39 is 10.0 Å². The Labute approximate surface area is 65.9 Å². The van der Waals surface area contributed by atoms with Crippen LogP contribution in [0.15, 0.2) is 12.4 Å². The summed E-state index contributed by atoms with van der Waals surface area (Å²) in [6, 6.07) is 0. The van der Waals surface area contributed by atoms with Crippen LogP contribution in [0.5, 0.6) is 0 Å². The molecule has 1 rings (SSSR count). The largest absolute Gasteiger partial charge is 0.250 e. The summed E-state index contributed by atoms with van der Waals surface area (Å²) in [6.07, 6.45) is 5.01. The third-order valence-electron chi connectivity index (χ3n) is 1.36. The van der Waals surface area contributed by atoms with Crippen molar-refractivity contribution in [2.75, 3.05) is 6.26 Å². The van der Waals surface area contributed by atoms with Gasteiger partial charge < -0.3 is 0 Å².